The number of nitrogens with zero attached hydrogens (tertiary/aromatic N) is 2. The van der Waals surface area contributed by atoms with E-state index in [2.05, 4.69) is 21.6 Å². The van der Waals surface area contributed by atoms with E-state index in [1.54, 1.807) is 16.4 Å². The number of aromatic nitrogens is 1. The van der Waals surface area contributed by atoms with E-state index in [4.69, 9.17) is 0 Å². The Morgan fingerprint density at radius 2 is 2.53 bits per heavy atom. The quantitative estimate of drug-likeness (QED) is 0.716. The lowest BCUT2D eigenvalue weighted by Gasteiger charge is -2.43. The lowest BCUT2D eigenvalue weighted by atomic mass is 9.75. The molecule has 3 nitrogen and oxygen atoms in total. The largest absolute Gasteiger partial charge is 0.312 e. The first-order valence-corrected chi connectivity index (χ1v) is 6.41. The van der Waals surface area contributed by atoms with Crippen LogP contribution in [0, 0.1) is 0 Å². The minimum Gasteiger partial charge on any atom is -0.312 e. The molecule has 0 amide bonds. The van der Waals surface area contributed by atoms with E-state index in [1.807, 2.05) is 6.20 Å². The summed E-state index contributed by atoms with van der Waals surface area (Å²) >= 11 is 1.72. The van der Waals surface area contributed by atoms with Crippen LogP contribution >= 0.6 is 11.5 Å². The summed E-state index contributed by atoms with van der Waals surface area (Å²) in [5.41, 5.74) is 1.79. The van der Waals surface area contributed by atoms with Gasteiger partial charge >= 0.3 is 0 Å². The average Bonchev–Trinajstić information content (AvgIpc) is 2.67. The highest BCUT2D eigenvalue weighted by molar-refractivity contribution is 7.06. The standard InChI is InChI=1S/C11H17N3S/c1-14-4-2-3-11(8-14)7-12-5-9-6-13-15-10(9)11/h6,12H,2-5,7-8H2,1H3. The van der Waals surface area contributed by atoms with Crippen LogP contribution in [0.25, 0.3) is 0 Å². The Morgan fingerprint density at radius 1 is 1.60 bits per heavy atom. The number of rotatable bonds is 0. The van der Waals surface area contributed by atoms with Crippen molar-refractivity contribution in [3.05, 3.63) is 16.6 Å². The molecule has 15 heavy (non-hydrogen) atoms. The smallest absolute Gasteiger partial charge is 0.0455 e. The molecule has 0 saturated carbocycles. The molecule has 3 heterocycles. The molecule has 4 heteroatoms. The van der Waals surface area contributed by atoms with Crippen LogP contribution in [0.2, 0.25) is 0 Å². The number of fused-ring (bicyclic) bond motifs is 2. The van der Waals surface area contributed by atoms with Crippen molar-refractivity contribution in [1.82, 2.24) is 14.6 Å². The number of likely N-dealkylation sites (N-methyl/N-ethyl adjacent to an activating group) is 1. The third-order valence-corrected chi connectivity index (χ3v) is 4.76. The number of nitrogens with one attached hydrogen (secondary N) is 1. The highest BCUT2D eigenvalue weighted by atomic mass is 32.1. The summed E-state index contributed by atoms with van der Waals surface area (Å²) in [6.07, 6.45) is 4.68. The second-order valence-corrected chi connectivity index (χ2v) is 5.71. The van der Waals surface area contributed by atoms with Gasteiger partial charge < -0.3 is 10.2 Å². The van der Waals surface area contributed by atoms with E-state index >= 15 is 0 Å². The molecular weight excluding hydrogens is 206 g/mol. The maximum atomic E-state index is 4.36. The summed E-state index contributed by atoms with van der Waals surface area (Å²) in [7, 11) is 2.23. The monoisotopic (exact) mass is 223 g/mol. The Bertz CT molecular complexity index is 362. The van der Waals surface area contributed by atoms with Gasteiger partial charge in [-0.1, -0.05) is 0 Å². The molecule has 3 rings (SSSR count). The summed E-state index contributed by atoms with van der Waals surface area (Å²) in [6.45, 7) is 4.58. The Balaban J connectivity index is 1.99. The Hall–Kier alpha value is -0.450. The summed E-state index contributed by atoms with van der Waals surface area (Å²) in [4.78, 5) is 4.01. The van der Waals surface area contributed by atoms with Crippen LogP contribution in [0.15, 0.2) is 6.20 Å². The first-order chi connectivity index (χ1) is 7.30. The van der Waals surface area contributed by atoms with Crippen LogP contribution in [0.3, 0.4) is 0 Å². The van der Waals surface area contributed by atoms with E-state index in [9.17, 15) is 0 Å². The maximum Gasteiger partial charge on any atom is 0.0455 e. The topological polar surface area (TPSA) is 28.2 Å². The Labute approximate surface area is 94.7 Å². The fourth-order valence-corrected chi connectivity index (χ4v) is 3.99. The second kappa shape index (κ2) is 3.54. The molecule has 82 valence electrons. The van der Waals surface area contributed by atoms with Crippen molar-refractivity contribution in [2.24, 2.45) is 0 Å². The molecule has 2 aliphatic heterocycles. The summed E-state index contributed by atoms with van der Waals surface area (Å²) < 4.78 is 4.36. The van der Waals surface area contributed by atoms with Crippen LogP contribution < -0.4 is 5.32 Å². The Kier molecular flexibility index (Phi) is 2.30. The van der Waals surface area contributed by atoms with Gasteiger partial charge in [0.2, 0.25) is 0 Å². The molecule has 0 radical (unpaired) electrons. The van der Waals surface area contributed by atoms with Crippen LogP contribution in [0.1, 0.15) is 23.3 Å². The summed E-state index contributed by atoms with van der Waals surface area (Å²) in [5.74, 6) is 0. The van der Waals surface area contributed by atoms with E-state index in [1.165, 1.54) is 31.5 Å². The molecule has 0 aliphatic carbocycles. The highest BCUT2D eigenvalue weighted by Gasteiger charge is 2.40. The van der Waals surface area contributed by atoms with Crippen molar-refractivity contribution in [3.8, 4) is 0 Å². The fraction of sp³-hybridized carbons (Fsp3) is 0.727. The molecule has 1 unspecified atom stereocenters. The molecule has 1 atom stereocenters. The molecule has 1 saturated heterocycles. The summed E-state index contributed by atoms with van der Waals surface area (Å²) in [6, 6.07) is 0. The predicted octanol–water partition coefficient (Wildman–Crippen LogP) is 1.21. The average molecular weight is 223 g/mol. The SMILES string of the molecule is CN1CCCC2(CNCc3cnsc32)C1. The predicted molar refractivity (Wildman–Crippen MR) is 62.2 cm³/mol. The number of hydrogen-bond donors (Lipinski definition) is 1. The van der Waals surface area contributed by atoms with E-state index in [0.29, 0.717) is 5.41 Å². The van der Waals surface area contributed by atoms with Crippen LogP contribution in [-0.4, -0.2) is 36.0 Å². The third-order valence-electron chi connectivity index (χ3n) is 3.67. The molecule has 2 aliphatic rings. The van der Waals surface area contributed by atoms with Gasteiger partial charge in [0.15, 0.2) is 0 Å². The minimum absolute atomic E-state index is 0.363. The van der Waals surface area contributed by atoms with E-state index in [-0.39, 0.29) is 0 Å². The number of likely N-dealkylation sites (tertiary alicyclic amines) is 1. The molecule has 1 aromatic rings. The van der Waals surface area contributed by atoms with Gasteiger partial charge in [-0.15, -0.1) is 0 Å². The lowest BCUT2D eigenvalue weighted by Crippen LogP contribution is -2.52. The zero-order valence-corrected chi connectivity index (χ0v) is 9.94. The van der Waals surface area contributed by atoms with E-state index < -0.39 is 0 Å². The number of hydrogen-bond acceptors (Lipinski definition) is 4. The van der Waals surface area contributed by atoms with E-state index in [0.717, 1.165) is 13.1 Å². The lowest BCUT2D eigenvalue weighted by molar-refractivity contribution is 0.167. The van der Waals surface area contributed by atoms with Crippen molar-refractivity contribution < 1.29 is 0 Å². The van der Waals surface area contributed by atoms with Gasteiger partial charge in [-0.05, 0) is 38.0 Å². The van der Waals surface area contributed by atoms with Gasteiger partial charge in [-0.2, -0.15) is 0 Å². The van der Waals surface area contributed by atoms with Gasteiger partial charge in [0.05, 0.1) is 0 Å². The molecule has 0 bridgehead atoms. The second-order valence-electron chi connectivity index (χ2n) is 4.91. The van der Waals surface area contributed by atoms with Crippen LogP contribution in [0.4, 0.5) is 0 Å². The van der Waals surface area contributed by atoms with Crippen molar-refractivity contribution in [1.29, 1.82) is 0 Å². The maximum absolute atomic E-state index is 4.36. The minimum atomic E-state index is 0.363. The normalized spacial score (nSPS) is 31.8. The van der Waals surface area contributed by atoms with Crippen LogP contribution in [0.5, 0.6) is 0 Å². The first kappa shape index (κ1) is 9.75. The van der Waals surface area contributed by atoms with Crippen molar-refractivity contribution in [2.75, 3.05) is 26.7 Å². The zero-order chi connectivity index (χ0) is 10.3. The fourth-order valence-electron chi connectivity index (χ4n) is 3.03. The van der Waals surface area contributed by atoms with Crippen molar-refractivity contribution in [2.45, 2.75) is 24.8 Å². The molecule has 1 aromatic heterocycles. The molecule has 0 aromatic carbocycles. The molecule has 1 N–H and O–H groups in total. The molecule has 1 spiro atoms. The summed E-state index contributed by atoms with van der Waals surface area (Å²) in [5, 5.41) is 3.55. The van der Waals surface area contributed by atoms with Gasteiger partial charge in [0.1, 0.15) is 0 Å². The van der Waals surface area contributed by atoms with Crippen molar-refractivity contribution >= 4 is 11.5 Å². The van der Waals surface area contributed by atoms with Gasteiger partial charge in [0, 0.05) is 41.7 Å². The zero-order valence-electron chi connectivity index (χ0n) is 9.12. The van der Waals surface area contributed by atoms with Gasteiger partial charge in [-0.25, -0.2) is 4.37 Å². The van der Waals surface area contributed by atoms with Crippen molar-refractivity contribution in [3.63, 3.8) is 0 Å². The van der Waals surface area contributed by atoms with Crippen LogP contribution in [-0.2, 0) is 12.0 Å². The third kappa shape index (κ3) is 1.51. The number of piperidine rings is 1. The van der Waals surface area contributed by atoms with Gasteiger partial charge in [0.25, 0.3) is 0 Å². The molecular formula is C11H17N3S. The van der Waals surface area contributed by atoms with Gasteiger partial charge in [-0.3, -0.25) is 0 Å². The first-order valence-electron chi connectivity index (χ1n) is 5.63. The highest BCUT2D eigenvalue weighted by Crippen LogP contribution is 2.39. The molecule has 1 fully saturated rings. The Morgan fingerprint density at radius 3 is 3.40 bits per heavy atom.